The van der Waals surface area contributed by atoms with E-state index in [1.807, 2.05) is 20.8 Å². The van der Waals surface area contributed by atoms with Crippen LogP contribution in [0.5, 0.6) is 0 Å². The van der Waals surface area contributed by atoms with Crippen LogP contribution in [-0.2, 0) is 16.6 Å². The third kappa shape index (κ3) is 4.92. The lowest BCUT2D eigenvalue weighted by Gasteiger charge is -2.19. The Kier molecular flexibility index (Phi) is 6.71. The van der Waals surface area contributed by atoms with E-state index >= 15 is 0 Å². The Hall–Kier alpha value is -0.850. The molecule has 1 rings (SSSR count). The second kappa shape index (κ2) is 7.81. The maximum Gasteiger partial charge on any atom is 0.274 e. The SMILES string of the molecule is CCCNCc1ccc(S(=O)(=O)NC(CC)C(C)C)o1. The first-order chi connectivity index (χ1) is 9.40. The Morgan fingerprint density at radius 3 is 2.50 bits per heavy atom. The van der Waals surface area contributed by atoms with E-state index in [0.717, 1.165) is 19.4 Å². The van der Waals surface area contributed by atoms with Crippen LogP contribution in [0.4, 0.5) is 0 Å². The van der Waals surface area contributed by atoms with Crippen molar-refractivity contribution < 1.29 is 12.8 Å². The molecule has 2 N–H and O–H groups in total. The number of rotatable bonds is 9. The molecule has 0 amide bonds. The van der Waals surface area contributed by atoms with Gasteiger partial charge in [-0.05, 0) is 37.4 Å². The van der Waals surface area contributed by atoms with E-state index in [-0.39, 0.29) is 17.1 Å². The molecule has 0 aliphatic rings. The van der Waals surface area contributed by atoms with E-state index in [9.17, 15) is 8.42 Å². The molecule has 0 spiro atoms. The maximum atomic E-state index is 12.2. The Morgan fingerprint density at radius 1 is 1.25 bits per heavy atom. The Morgan fingerprint density at radius 2 is 1.95 bits per heavy atom. The predicted octanol–water partition coefficient (Wildman–Crippen LogP) is 2.49. The van der Waals surface area contributed by atoms with Crippen molar-refractivity contribution in [1.82, 2.24) is 10.0 Å². The van der Waals surface area contributed by atoms with Crippen molar-refractivity contribution in [3.05, 3.63) is 17.9 Å². The van der Waals surface area contributed by atoms with Crippen LogP contribution in [-0.4, -0.2) is 21.0 Å². The zero-order valence-corrected chi connectivity index (χ0v) is 13.6. The average molecular weight is 302 g/mol. The molecule has 1 atom stereocenters. The van der Waals surface area contributed by atoms with E-state index < -0.39 is 10.0 Å². The van der Waals surface area contributed by atoms with Gasteiger partial charge < -0.3 is 9.73 Å². The number of hydrogen-bond donors (Lipinski definition) is 2. The van der Waals surface area contributed by atoms with Crippen molar-refractivity contribution in [2.45, 2.75) is 58.2 Å². The van der Waals surface area contributed by atoms with Crippen LogP contribution < -0.4 is 10.0 Å². The summed E-state index contributed by atoms with van der Waals surface area (Å²) in [5.74, 6) is 0.881. The number of nitrogens with one attached hydrogen (secondary N) is 2. The first-order valence-corrected chi connectivity index (χ1v) is 8.70. The molecule has 1 unspecified atom stereocenters. The van der Waals surface area contributed by atoms with Crippen molar-refractivity contribution in [3.8, 4) is 0 Å². The number of furan rings is 1. The fourth-order valence-corrected chi connectivity index (χ4v) is 3.35. The van der Waals surface area contributed by atoms with Crippen molar-refractivity contribution in [2.75, 3.05) is 6.54 Å². The molecule has 116 valence electrons. The zero-order valence-electron chi connectivity index (χ0n) is 12.8. The summed E-state index contributed by atoms with van der Waals surface area (Å²) >= 11 is 0. The van der Waals surface area contributed by atoms with Gasteiger partial charge in [0, 0.05) is 6.04 Å². The fourth-order valence-electron chi connectivity index (χ4n) is 1.93. The first kappa shape index (κ1) is 17.2. The predicted molar refractivity (Wildman–Crippen MR) is 79.9 cm³/mol. The second-order valence-electron chi connectivity index (χ2n) is 5.28. The largest absolute Gasteiger partial charge is 0.447 e. The quantitative estimate of drug-likeness (QED) is 0.688. The molecular formula is C14H26N2O3S. The molecule has 1 aromatic rings. The van der Waals surface area contributed by atoms with E-state index in [1.165, 1.54) is 6.07 Å². The van der Waals surface area contributed by atoms with Crippen molar-refractivity contribution in [2.24, 2.45) is 5.92 Å². The minimum Gasteiger partial charge on any atom is -0.447 e. The minimum atomic E-state index is -3.57. The van der Waals surface area contributed by atoms with Crippen LogP contribution in [0.15, 0.2) is 21.6 Å². The highest BCUT2D eigenvalue weighted by Gasteiger charge is 2.24. The number of sulfonamides is 1. The monoisotopic (exact) mass is 302 g/mol. The molecule has 0 saturated carbocycles. The summed E-state index contributed by atoms with van der Waals surface area (Å²) < 4.78 is 32.6. The highest BCUT2D eigenvalue weighted by molar-refractivity contribution is 7.89. The van der Waals surface area contributed by atoms with Crippen LogP contribution in [0.3, 0.4) is 0 Å². The lowest BCUT2D eigenvalue weighted by Crippen LogP contribution is -2.37. The van der Waals surface area contributed by atoms with Gasteiger partial charge in [-0.1, -0.05) is 27.7 Å². The summed E-state index contributed by atoms with van der Waals surface area (Å²) in [7, 11) is -3.57. The highest BCUT2D eigenvalue weighted by Crippen LogP contribution is 2.16. The third-order valence-electron chi connectivity index (χ3n) is 3.18. The van der Waals surface area contributed by atoms with Gasteiger partial charge in [-0.2, -0.15) is 0 Å². The molecule has 1 aromatic heterocycles. The summed E-state index contributed by atoms with van der Waals surface area (Å²) in [6.07, 6.45) is 1.78. The smallest absolute Gasteiger partial charge is 0.274 e. The van der Waals surface area contributed by atoms with E-state index in [2.05, 4.69) is 17.0 Å². The highest BCUT2D eigenvalue weighted by atomic mass is 32.2. The lowest BCUT2D eigenvalue weighted by atomic mass is 10.0. The van der Waals surface area contributed by atoms with Crippen molar-refractivity contribution in [1.29, 1.82) is 0 Å². The Balaban J connectivity index is 2.72. The minimum absolute atomic E-state index is 0.00935. The summed E-state index contributed by atoms with van der Waals surface area (Å²) in [6, 6.07) is 3.14. The molecule has 0 aromatic carbocycles. The molecule has 0 saturated heterocycles. The molecule has 5 nitrogen and oxygen atoms in total. The van der Waals surface area contributed by atoms with Crippen LogP contribution in [0.1, 0.15) is 46.3 Å². The van der Waals surface area contributed by atoms with E-state index in [0.29, 0.717) is 12.3 Å². The van der Waals surface area contributed by atoms with Gasteiger partial charge in [0.05, 0.1) is 6.54 Å². The Bertz CT molecular complexity index is 494. The van der Waals surface area contributed by atoms with Crippen molar-refractivity contribution in [3.63, 3.8) is 0 Å². The van der Waals surface area contributed by atoms with Crippen LogP contribution >= 0.6 is 0 Å². The molecule has 1 heterocycles. The summed E-state index contributed by atoms with van der Waals surface area (Å²) in [5, 5.41) is 3.17. The van der Waals surface area contributed by atoms with Gasteiger partial charge in [0.25, 0.3) is 10.0 Å². The van der Waals surface area contributed by atoms with Crippen LogP contribution in [0.2, 0.25) is 0 Å². The van der Waals surface area contributed by atoms with E-state index in [4.69, 9.17) is 4.42 Å². The van der Waals surface area contributed by atoms with E-state index in [1.54, 1.807) is 6.07 Å². The first-order valence-electron chi connectivity index (χ1n) is 7.22. The topological polar surface area (TPSA) is 71.3 Å². The molecular weight excluding hydrogens is 276 g/mol. The summed E-state index contributed by atoms with van der Waals surface area (Å²) in [4.78, 5) is 0. The molecule has 0 aliphatic heterocycles. The molecule has 20 heavy (non-hydrogen) atoms. The van der Waals surface area contributed by atoms with Gasteiger partial charge >= 0.3 is 0 Å². The van der Waals surface area contributed by atoms with Gasteiger partial charge in [-0.15, -0.1) is 0 Å². The fraction of sp³-hybridized carbons (Fsp3) is 0.714. The second-order valence-corrected chi connectivity index (χ2v) is 6.92. The number of hydrogen-bond acceptors (Lipinski definition) is 4. The molecule has 0 aliphatic carbocycles. The molecule has 6 heteroatoms. The van der Waals surface area contributed by atoms with Crippen LogP contribution in [0.25, 0.3) is 0 Å². The summed E-state index contributed by atoms with van der Waals surface area (Å²) in [5.41, 5.74) is 0. The van der Waals surface area contributed by atoms with Gasteiger partial charge in [0.1, 0.15) is 5.76 Å². The van der Waals surface area contributed by atoms with Gasteiger partial charge in [-0.3, -0.25) is 0 Å². The Labute approximate surface area is 122 Å². The van der Waals surface area contributed by atoms with Gasteiger partial charge in [-0.25, -0.2) is 13.1 Å². The third-order valence-corrected chi connectivity index (χ3v) is 4.54. The normalized spacial score (nSPS) is 13.8. The molecule has 0 radical (unpaired) electrons. The zero-order chi connectivity index (χ0) is 15.2. The molecule has 0 bridgehead atoms. The standard InChI is InChI=1S/C14H26N2O3S/c1-5-9-15-10-12-7-8-14(19-12)20(17,18)16-13(6-2)11(3)4/h7-8,11,13,15-16H,5-6,9-10H2,1-4H3. The molecule has 0 fully saturated rings. The average Bonchev–Trinajstić information content (AvgIpc) is 2.85. The van der Waals surface area contributed by atoms with Gasteiger partial charge in [0.15, 0.2) is 0 Å². The summed E-state index contributed by atoms with van der Waals surface area (Å²) in [6.45, 7) is 9.47. The van der Waals surface area contributed by atoms with Gasteiger partial charge in [0.2, 0.25) is 5.09 Å². The maximum absolute atomic E-state index is 12.2. The lowest BCUT2D eigenvalue weighted by molar-refractivity contribution is 0.388. The van der Waals surface area contributed by atoms with Crippen LogP contribution in [0, 0.1) is 5.92 Å². The van der Waals surface area contributed by atoms with Crippen molar-refractivity contribution >= 4 is 10.0 Å².